The van der Waals surface area contributed by atoms with Crippen molar-refractivity contribution in [3.63, 3.8) is 0 Å². The minimum Gasteiger partial charge on any atom is -0.313 e. The van der Waals surface area contributed by atoms with Gasteiger partial charge in [0.25, 0.3) is 0 Å². The van der Waals surface area contributed by atoms with Crippen LogP contribution in [0.5, 0.6) is 0 Å². The SMILES string of the molecule is CCCNCC=Cc1cc(F)c(F)c(F)c1. The molecule has 0 saturated heterocycles. The van der Waals surface area contributed by atoms with Gasteiger partial charge in [0.15, 0.2) is 17.5 Å². The molecule has 0 unspecified atom stereocenters. The summed E-state index contributed by atoms with van der Waals surface area (Å²) in [4.78, 5) is 0. The Bertz CT molecular complexity index is 352. The van der Waals surface area contributed by atoms with Gasteiger partial charge in [0.05, 0.1) is 0 Å². The van der Waals surface area contributed by atoms with Crippen molar-refractivity contribution in [3.8, 4) is 0 Å². The van der Waals surface area contributed by atoms with Crippen LogP contribution >= 0.6 is 0 Å². The molecule has 0 fully saturated rings. The molecule has 0 spiro atoms. The number of benzene rings is 1. The molecule has 0 bridgehead atoms. The zero-order valence-electron chi connectivity index (χ0n) is 9.06. The van der Waals surface area contributed by atoms with Crippen molar-refractivity contribution < 1.29 is 13.2 Å². The Morgan fingerprint density at radius 2 is 1.81 bits per heavy atom. The molecule has 1 aromatic carbocycles. The van der Waals surface area contributed by atoms with Crippen LogP contribution in [-0.2, 0) is 0 Å². The summed E-state index contributed by atoms with van der Waals surface area (Å²) in [5.41, 5.74) is 0.315. The maximum atomic E-state index is 12.8. The van der Waals surface area contributed by atoms with Crippen molar-refractivity contribution in [1.82, 2.24) is 5.32 Å². The van der Waals surface area contributed by atoms with Gasteiger partial charge in [-0.3, -0.25) is 0 Å². The average Bonchev–Trinajstić information content (AvgIpc) is 2.25. The van der Waals surface area contributed by atoms with Crippen molar-refractivity contribution in [2.24, 2.45) is 0 Å². The first-order chi connectivity index (χ1) is 7.65. The summed E-state index contributed by atoms with van der Waals surface area (Å²) in [7, 11) is 0. The zero-order valence-corrected chi connectivity index (χ0v) is 9.06. The summed E-state index contributed by atoms with van der Waals surface area (Å²) < 4.78 is 38.2. The molecule has 0 atom stereocenters. The highest BCUT2D eigenvalue weighted by molar-refractivity contribution is 5.49. The number of rotatable bonds is 5. The lowest BCUT2D eigenvalue weighted by molar-refractivity contribution is 0.447. The van der Waals surface area contributed by atoms with Gasteiger partial charge in [0.2, 0.25) is 0 Å². The Hall–Kier alpha value is -1.29. The Morgan fingerprint density at radius 1 is 1.19 bits per heavy atom. The Balaban J connectivity index is 2.60. The van der Waals surface area contributed by atoms with E-state index in [1.165, 1.54) is 0 Å². The lowest BCUT2D eigenvalue weighted by atomic mass is 10.2. The highest BCUT2D eigenvalue weighted by atomic mass is 19.2. The van der Waals surface area contributed by atoms with E-state index < -0.39 is 17.5 Å². The molecule has 1 rings (SSSR count). The first-order valence-electron chi connectivity index (χ1n) is 5.17. The van der Waals surface area contributed by atoms with E-state index in [0.29, 0.717) is 12.1 Å². The smallest absolute Gasteiger partial charge is 0.194 e. The minimum absolute atomic E-state index is 0.315. The second kappa shape index (κ2) is 6.33. The van der Waals surface area contributed by atoms with Crippen molar-refractivity contribution >= 4 is 6.08 Å². The first kappa shape index (κ1) is 12.8. The molecule has 0 aliphatic heterocycles. The molecular weight excluding hydrogens is 215 g/mol. The molecule has 0 aliphatic carbocycles. The van der Waals surface area contributed by atoms with Crippen molar-refractivity contribution in [3.05, 3.63) is 41.2 Å². The van der Waals surface area contributed by atoms with Gasteiger partial charge in [-0.1, -0.05) is 19.1 Å². The molecule has 88 valence electrons. The standard InChI is InChI=1S/C12H14F3N/c1-2-5-16-6-3-4-9-7-10(13)12(15)11(14)8-9/h3-4,7-8,16H,2,5-6H2,1H3. The highest BCUT2D eigenvalue weighted by Gasteiger charge is 2.08. The van der Waals surface area contributed by atoms with Crippen LogP contribution in [-0.4, -0.2) is 13.1 Å². The molecule has 1 N–H and O–H groups in total. The van der Waals surface area contributed by atoms with Gasteiger partial charge in [-0.15, -0.1) is 0 Å². The van der Waals surface area contributed by atoms with Gasteiger partial charge in [-0.2, -0.15) is 0 Å². The predicted octanol–water partition coefficient (Wildman–Crippen LogP) is 3.12. The number of hydrogen-bond donors (Lipinski definition) is 1. The Kier molecular flexibility index (Phi) is 5.05. The fraction of sp³-hybridized carbons (Fsp3) is 0.333. The monoisotopic (exact) mass is 229 g/mol. The molecule has 0 saturated carbocycles. The molecule has 4 heteroatoms. The third-order valence-electron chi connectivity index (χ3n) is 2.01. The zero-order chi connectivity index (χ0) is 12.0. The predicted molar refractivity (Wildman–Crippen MR) is 58.5 cm³/mol. The van der Waals surface area contributed by atoms with Crippen LogP contribution in [0.2, 0.25) is 0 Å². The maximum absolute atomic E-state index is 12.8. The van der Waals surface area contributed by atoms with Gasteiger partial charge in [0, 0.05) is 6.54 Å². The summed E-state index contributed by atoms with van der Waals surface area (Å²) >= 11 is 0. The quantitative estimate of drug-likeness (QED) is 0.604. The third-order valence-corrected chi connectivity index (χ3v) is 2.01. The summed E-state index contributed by atoms with van der Waals surface area (Å²) in [5.74, 6) is -3.76. The van der Waals surface area contributed by atoms with Gasteiger partial charge in [0.1, 0.15) is 0 Å². The Morgan fingerprint density at radius 3 is 2.38 bits per heavy atom. The summed E-state index contributed by atoms with van der Waals surface area (Å²) in [6, 6.07) is 1.93. The van der Waals surface area contributed by atoms with Crippen LogP contribution < -0.4 is 5.32 Å². The maximum Gasteiger partial charge on any atom is 0.194 e. The third kappa shape index (κ3) is 3.70. The highest BCUT2D eigenvalue weighted by Crippen LogP contribution is 2.14. The van der Waals surface area contributed by atoms with E-state index in [1.54, 1.807) is 12.2 Å². The molecule has 1 nitrogen and oxygen atoms in total. The second-order valence-electron chi connectivity index (χ2n) is 3.41. The van der Waals surface area contributed by atoms with Gasteiger partial charge in [-0.05, 0) is 30.7 Å². The van der Waals surface area contributed by atoms with E-state index in [0.717, 1.165) is 25.1 Å². The number of halogens is 3. The summed E-state index contributed by atoms with van der Waals surface area (Å²) in [5, 5.41) is 3.10. The molecule has 0 heterocycles. The summed E-state index contributed by atoms with van der Waals surface area (Å²) in [6.45, 7) is 3.55. The van der Waals surface area contributed by atoms with Crippen LogP contribution in [0.3, 0.4) is 0 Å². The van der Waals surface area contributed by atoms with E-state index >= 15 is 0 Å². The van der Waals surface area contributed by atoms with Crippen LogP contribution in [0.25, 0.3) is 6.08 Å². The van der Waals surface area contributed by atoms with Crippen LogP contribution in [0.15, 0.2) is 18.2 Å². The number of hydrogen-bond acceptors (Lipinski definition) is 1. The normalized spacial score (nSPS) is 11.2. The fourth-order valence-electron chi connectivity index (χ4n) is 1.23. The molecule has 0 aromatic heterocycles. The molecule has 0 aliphatic rings. The first-order valence-corrected chi connectivity index (χ1v) is 5.17. The van der Waals surface area contributed by atoms with Crippen molar-refractivity contribution in [2.45, 2.75) is 13.3 Å². The molecule has 1 aromatic rings. The van der Waals surface area contributed by atoms with Gasteiger partial charge < -0.3 is 5.32 Å². The average molecular weight is 229 g/mol. The molecular formula is C12H14F3N. The van der Waals surface area contributed by atoms with Gasteiger partial charge >= 0.3 is 0 Å². The molecule has 0 radical (unpaired) electrons. The molecule has 0 amide bonds. The van der Waals surface area contributed by atoms with Gasteiger partial charge in [-0.25, -0.2) is 13.2 Å². The number of nitrogens with one attached hydrogen (secondary N) is 1. The lowest BCUT2D eigenvalue weighted by Gasteiger charge is -1.99. The van der Waals surface area contributed by atoms with Crippen molar-refractivity contribution in [2.75, 3.05) is 13.1 Å². The second-order valence-corrected chi connectivity index (χ2v) is 3.41. The van der Waals surface area contributed by atoms with E-state index in [1.807, 2.05) is 6.92 Å². The Labute approximate surface area is 93.0 Å². The largest absolute Gasteiger partial charge is 0.313 e. The van der Waals surface area contributed by atoms with Crippen molar-refractivity contribution in [1.29, 1.82) is 0 Å². The van der Waals surface area contributed by atoms with Crippen LogP contribution in [0.4, 0.5) is 13.2 Å². The topological polar surface area (TPSA) is 12.0 Å². The lowest BCUT2D eigenvalue weighted by Crippen LogP contribution is -2.13. The van der Waals surface area contributed by atoms with Crippen LogP contribution in [0.1, 0.15) is 18.9 Å². The van der Waals surface area contributed by atoms with E-state index in [9.17, 15) is 13.2 Å². The van der Waals surface area contributed by atoms with E-state index in [4.69, 9.17) is 0 Å². The summed E-state index contributed by atoms with van der Waals surface area (Å²) in [6.07, 6.45) is 4.31. The van der Waals surface area contributed by atoms with E-state index in [-0.39, 0.29) is 0 Å². The van der Waals surface area contributed by atoms with E-state index in [2.05, 4.69) is 5.32 Å². The van der Waals surface area contributed by atoms with Crippen LogP contribution in [0, 0.1) is 17.5 Å². The minimum atomic E-state index is -1.43. The molecule has 16 heavy (non-hydrogen) atoms. The fourth-order valence-corrected chi connectivity index (χ4v) is 1.23.